The lowest BCUT2D eigenvalue weighted by Crippen LogP contribution is -2.65. The molecule has 8 aliphatic rings. The normalized spacial score (nSPS) is 59.0. The van der Waals surface area contributed by atoms with Crippen molar-refractivity contribution in [2.45, 2.75) is 171 Å². The Morgan fingerprint density at radius 3 is 2.06 bits per heavy atom. The molecule has 0 aromatic rings. The summed E-state index contributed by atoms with van der Waals surface area (Å²) in [4.78, 5) is 0. The molecule has 22 atom stereocenters. The topological polar surface area (TPSA) is 197 Å². The van der Waals surface area contributed by atoms with Crippen molar-refractivity contribution in [3.63, 3.8) is 0 Å². The number of hydrogen-bond donors (Lipinski definition) is 7. The van der Waals surface area contributed by atoms with Crippen LogP contribution in [0.2, 0.25) is 0 Å². The molecule has 0 aromatic heterocycles. The van der Waals surface area contributed by atoms with Crippen LogP contribution in [0, 0.1) is 52.3 Å². The zero-order chi connectivity index (χ0) is 36.9. The van der Waals surface area contributed by atoms with Gasteiger partial charge in [0.05, 0.1) is 32.0 Å². The third-order valence-corrected chi connectivity index (χ3v) is 16.2. The van der Waals surface area contributed by atoms with Crippen LogP contribution in [0.1, 0.15) is 91.9 Å². The molecule has 13 nitrogen and oxygen atoms in total. The minimum Gasteiger partial charge on any atom is -0.394 e. The van der Waals surface area contributed by atoms with Crippen LogP contribution in [0.25, 0.3) is 0 Å². The van der Waals surface area contributed by atoms with E-state index in [1.165, 1.54) is 25.7 Å². The zero-order valence-corrected chi connectivity index (χ0v) is 31.2. The molecule has 0 amide bonds. The lowest BCUT2D eigenvalue weighted by Gasteiger charge is -2.61. The summed E-state index contributed by atoms with van der Waals surface area (Å²) < 4.78 is 37.5. The minimum atomic E-state index is -1.71. The lowest BCUT2D eigenvalue weighted by molar-refractivity contribution is -0.373. The molecule has 0 aromatic carbocycles. The van der Waals surface area contributed by atoms with Crippen LogP contribution in [-0.4, -0.2) is 135 Å². The lowest BCUT2D eigenvalue weighted by atomic mass is 9.44. The predicted molar refractivity (Wildman–Crippen MR) is 183 cm³/mol. The van der Waals surface area contributed by atoms with Crippen molar-refractivity contribution in [1.29, 1.82) is 0 Å². The number of rotatable bonds is 6. The van der Waals surface area contributed by atoms with Crippen molar-refractivity contribution in [2.75, 3.05) is 19.8 Å². The van der Waals surface area contributed by atoms with Gasteiger partial charge in [0.15, 0.2) is 18.4 Å². The van der Waals surface area contributed by atoms with Crippen molar-refractivity contribution in [3.8, 4) is 0 Å². The molecule has 4 saturated carbocycles. The second-order valence-corrected chi connectivity index (χ2v) is 18.7. The van der Waals surface area contributed by atoms with Crippen LogP contribution >= 0.6 is 0 Å². The summed E-state index contributed by atoms with van der Waals surface area (Å²) in [5.41, 5.74) is 0.425. The minimum absolute atomic E-state index is 0.168. The van der Waals surface area contributed by atoms with Gasteiger partial charge >= 0.3 is 0 Å². The molecular formula is C39H64O13. The Kier molecular flexibility index (Phi) is 10.4. The summed E-state index contributed by atoms with van der Waals surface area (Å²) in [6.45, 7) is 9.33. The van der Waals surface area contributed by atoms with Gasteiger partial charge in [-0.1, -0.05) is 27.7 Å². The van der Waals surface area contributed by atoms with Gasteiger partial charge in [-0.15, -0.1) is 0 Å². The largest absolute Gasteiger partial charge is 0.394 e. The quantitative estimate of drug-likeness (QED) is 0.194. The van der Waals surface area contributed by atoms with E-state index in [2.05, 4.69) is 27.7 Å². The van der Waals surface area contributed by atoms with Gasteiger partial charge in [-0.3, -0.25) is 0 Å². The highest BCUT2D eigenvalue weighted by molar-refractivity contribution is 5.15. The first-order chi connectivity index (χ1) is 24.7. The summed E-state index contributed by atoms with van der Waals surface area (Å²) in [5, 5.41) is 72.7. The highest BCUT2D eigenvalue weighted by Gasteiger charge is 2.69. The Labute approximate surface area is 307 Å². The molecule has 0 unspecified atom stereocenters. The van der Waals surface area contributed by atoms with E-state index in [0.717, 1.165) is 45.1 Å². The van der Waals surface area contributed by atoms with Gasteiger partial charge in [-0.05, 0) is 104 Å². The number of ether oxygens (including phenoxy) is 6. The molecule has 8 rings (SSSR count). The summed E-state index contributed by atoms with van der Waals surface area (Å²) in [6, 6.07) is 0. The molecule has 4 saturated heterocycles. The van der Waals surface area contributed by atoms with E-state index in [1.807, 2.05) is 0 Å². The van der Waals surface area contributed by atoms with Crippen LogP contribution in [0.4, 0.5) is 0 Å². The van der Waals surface area contributed by atoms with Crippen LogP contribution in [0.15, 0.2) is 0 Å². The Balaban J connectivity index is 0.942. The molecule has 7 N–H and O–H groups in total. The third-order valence-electron chi connectivity index (χ3n) is 16.2. The van der Waals surface area contributed by atoms with Gasteiger partial charge in [0.1, 0.15) is 48.8 Å². The fraction of sp³-hybridized carbons (Fsp3) is 1.00. The van der Waals surface area contributed by atoms with Crippen molar-refractivity contribution >= 4 is 0 Å². The van der Waals surface area contributed by atoms with Gasteiger partial charge in [-0.2, -0.15) is 0 Å². The van der Waals surface area contributed by atoms with E-state index in [9.17, 15) is 35.7 Å². The maximum atomic E-state index is 11.1. The van der Waals surface area contributed by atoms with Crippen molar-refractivity contribution in [3.05, 3.63) is 0 Å². The second kappa shape index (κ2) is 14.1. The van der Waals surface area contributed by atoms with E-state index in [-0.39, 0.29) is 23.0 Å². The first-order valence-corrected chi connectivity index (χ1v) is 20.3. The van der Waals surface area contributed by atoms with Crippen molar-refractivity contribution in [1.82, 2.24) is 0 Å². The molecular weight excluding hydrogens is 676 g/mol. The Bertz CT molecular complexity index is 1260. The number of fused-ring (bicyclic) bond motifs is 7. The van der Waals surface area contributed by atoms with Crippen LogP contribution in [-0.2, 0) is 28.4 Å². The van der Waals surface area contributed by atoms with Gasteiger partial charge in [-0.25, -0.2) is 0 Å². The molecule has 4 aliphatic carbocycles. The highest BCUT2D eigenvalue weighted by atomic mass is 16.8. The van der Waals surface area contributed by atoms with E-state index in [4.69, 9.17) is 28.4 Å². The van der Waals surface area contributed by atoms with Crippen LogP contribution in [0.3, 0.4) is 0 Å². The molecule has 0 bridgehead atoms. The second-order valence-electron chi connectivity index (χ2n) is 18.7. The Hall–Kier alpha value is -0.520. The Morgan fingerprint density at radius 2 is 1.37 bits per heavy atom. The van der Waals surface area contributed by atoms with Gasteiger partial charge in [0.2, 0.25) is 0 Å². The van der Waals surface area contributed by atoms with Crippen LogP contribution < -0.4 is 0 Å². The molecule has 0 radical (unpaired) electrons. The standard InChI is InChI=1S/C39H64O13/c1-18-7-12-39(47-17-18)19(2)28-25(52-39)14-24-22-6-5-20-13-21(8-10-37(20,3)23(22)9-11-38(24,28)4)48-36-34(32(45)30(43)27(16-41)50-36)51-35-33(46)31(44)29(42)26(15-40)49-35/h18-36,40-46H,5-17H2,1-4H3/t18-,19-,20+,21-,22-,23-,24-,25+,26+,27+,28+,29+,30-,31-,32-,33+,34+,35-,36+,37-,38-,39+/m0/s1. The summed E-state index contributed by atoms with van der Waals surface area (Å²) in [6.07, 6.45) is -3.88. The van der Waals surface area contributed by atoms with E-state index >= 15 is 0 Å². The summed E-state index contributed by atoms with van der Waals surface area (Å²) in [5.74, 6) is 3.51. The summed E-state index contributed by atoms with van der Waals surface area (Å²) >= 11 is 0. The van der Waals surface area contributed by atoms with Crippen LogP contribution in [0.5, 0.6) is 0 Å². The van der Waals surface area contributed by atoms with Crippen molar-refractivity contribution in [2.24, 2.45) is 52.3 Å². The third kappa shape index (κ3) is 5.98. The summed E-state index contributed by atoms with van der Waals surface area (Å²) in [7, 11) is 0. The van der Waals surface area contributed by atoms with Gasteiger partial charge in [0.25, 0.3) is 0 Å². The average Bonchev–Trinajstić information content (AvgIpc) is 3.58. The number of aliphatic hydroxyl groups is 7. The molecule has 52 heavy (non-hydrogen) atoms. The smallest absolute Gasteiger partial charge is 0.187 e. The molecule has 8 fully saturated rings. The van der Waals surface area contributed by atoms with Gasteiger partial charge < -0.3 is 64.2 Å². The molecule has 4 aliphatic heterocycles. The molecule has 13 heteroatoms. The van der Waals surface area contributed by atoms with Gasteiger partial charge in [0, 0.05) is 12.3 Å². The zero-order valence-electron chi connectivity index (χ0n) is 31.2. The fourth-order valence-corrected chi connectivity index (χ4v) is 13.2. The maximum Gasteiger partial charge on any atom is 0.187 e. The van der Waals surface area contributed by atoms with E-state index in [0.29, 0.717) is 41.4 Å². The maximum absolute atomic E-state index is 11.1. The first-order valence-electron chi connectivity index (χ1n) is 20.3. The molecule has 4 heterocycles. The predicted octanol–water partition coefficient (Wildman–Crippen LogP) is 1.44. The average molecular weight is 741 g/mol. The fourth-order valence-electron chi connectivity index (χ4n) is 13.2. The van der Waals surface area contributed by atoms with E-state index in [1.54, 1.807) is 0 Å². The first kappa shape index (κ1) is 38.4. The van der Waals surface area contributed by atoms with E-state index < -0.39 is 80.4 Å². The Morgan fingerprint density at radius 1 is 0.673 bits per heavy atom. The molecule has 298 valence electrons. The monoisotopic (exact) mass is 740 g/mol. The van der Waals surface area contributed by atoms with Crippen molar-refractivity contribution < 1.29 is 64.2 Å². The SMILES string of the molecule is C[C@H]1CC[C@@]2(OC1)O[C@@H]1C[C@H]3[C@H]4CC[C@@H]5C[C@@H](O[C@@H]6O[C@H](CO)[C@H](O)[C@H](O)[C@H]6O[C@@H]6O[C@H](CO)[C@@H](O)[C@H](O)[C@H]6O)CC[C@]5(C)[C@H]4CC[C@]3(C)[C@@H]1[C@@H]2C. The molecule has 1 spiro atoms. The number of aliphatic hydroxyl groups excluding tert-OH is 7. The highest BCUT2D eigenvalue weighted by Crippen LogP contribution is 2.71. The number of hydrogen-bond acceptors (Lipinski definition) is 13.